The summed E-state index contributed by atoms with van der Waals surface area (Å²) in [5, 5.41) is 12.9. The van der Waals surface area contributed by atoms with Crippen LogP contribution in [0.15, 0.2) is 36.7 Å². The fourth-order valence-corrected chi connectivity index (χ4v) is 2.87. The first kappa shape index (κ1) is 16.4. The van der Waals surface area contributed by atoms with Gasteiger partial charge in [-0.25, -0.2) is 9.97 Å². The van der Waals surface area contributed by atoms with Crippen LogP contribution in [-0.2, 0) is 13.0 Å². The lowest BCUT2D eigenvalue weighted by atomic mass is 10.00. The molecule has 2 heterocycles. The van der Waals surface area contributed by atoms with E-state index < -0.39 is 6.10 Å². The second kappa shape index (κ2) is 7.37. The average molecular weight is 327 g/mol. The number of hydrogen-bond acceptors (Lipinski definition) is 6. The largest absolute Gasteiger partial charge is 0.390 e. The molecule has 0 aliphatic carbocycles. The Morgan fingerprint density at radius 3 is 2.92 bits per heavy atom. The third-order valence-electron chi connectivity index (χ3n) is 4.10. The molecule has 3 rings (SSSR count). The molecule has 0 fully saturated rings. The smallest absolute Gasteiger partial charge is 0.270 e. The molecule has 1 aromatic carbocycles. The lowest BCUT2D eigenvalue weighted by Crippen LogP contribution is -2.42. The second-order valence-electron chi connectivity index (χ2n) is 5.95. The highest BCUT2D eigenvalue weighted by molar-refractivity contribution is 5.92. The number of aliphatic hydroxyl groups excluding tert-OH is 1. The lowest BCUT2D eigenvalue weighted by Gasteiger charge is -2.30. The highest BCUT2D eigenvalue weighted by Crippen LogP contribution is 2.18. The molecule has 1 aromatic heterocycles. The molecule has 7 nitrogen and oxygen atoms in total. The maximum atomic E-state index is 12.0. The van der Waals surface area contributed by atoms with E-state index in [1.54, 1.807) is 0 Å². The van der Waals surface area contributed by atoms with E-state index in [1.807, 2.05) is 6.07 Å². The molecular weight excluding hydrogens is 306 g/mol. The van der Waals surface area contributed by atoms with Crippen molar-refractivity contribution in [2.24, 2.45) is 0 Å². The molecule has 1 aliphatic rings. The number of amides is 1. The van der Waals surface area contributed by atoms with Crippen LogP contribution in [0.4, 0.5) is 5.82 Å². The number of fused-ring (bicyclic) bond motifs is 1. The van der Waals surface area contributed by atoms with Gasteiger partial charge in [0.15, 0.2) is 0 Å². The summed E-state index contributed by atoms with van der Waals surface area (Å²) in [5.41, 5.74) is 8.40. The standard InChI is InChI=1S/C17H21N5O2/c18-16-7-15(20-11-21-16)17(24)19-8-14(23)10-22-6-5-12-3-1-2-4-13(12)9-22/h1-4,7,11,14,23H,5-6,8-10H2,(H,19,24)(H2,18,20,21). The summed E-state index contributed by atoms with van der Waals surface area (Å²) < 4.78 is 0. The first-order chi connectivity index (χ1) is 11.6. The van der Waals surface area contributed by atoms with E-state index in [9.17, 15) is 9.90 Å². The number of aromatic nitrogens is 2. The van der Waals surface area contributed by atoms with E-state index >= 15 is 0 Å². The molecule has 7 heteroatoms. The molecule has 0 saturated carbocycles. The van der Waals surface area contributed by atoms with Crippen molar-refractivity contribution in [3.8, 4) is 0 Å². The van der Waals surface area contributed by atoms with Crippen molar-refractivity contribution in [2.45, 2.75) is 19.1 Å². The van der Waals surface area contributed by atoms with Gasteiger partial charge in [-0.1, -0.05) is 24.3 Å². The Kier molecular flexibility index (Phi) is 5.02. The Balaban J connectivity index is 1.48. The van der Waals surface area contributed by atoms with Crippen LogP contribution in [-0.4, -0.2) is 51.6 Å². The molecule has 0 saturated heterocycles. The van der Waals surface area contributed by atoms with Gasteiger partial charge in [-0.3, -0.25) is 9.69 Å². The lowest BCUT2D eigenvalue weighted by molar-refractivity contribution is 0.0838. The summed E-state index contributed by atoms with van der Waals surface area (Å²) in [5.74, 6) is -0.130. The fraction of sp³-hybridized carbons (Fsp3) is 0.353. The number of rotatable bonds is 5. The van der Waals surface area contributed by atoms with E-state index in [4.69, 9.17) is 5.73 Å². The van der Waals surface area contributed by atoms with Crippen LogP contribution in [0.1, 0.15) is 21.6 Å². The molecule has 0 radical (unpaired) electrons. The molecule has 2 aromatic rings. The van der Waals surface area contributed by atoms with Gasteiger partial charge >= 0.3 is 0 Å². The first-order valence-electron chi connectivity index (χ1n) is 7.95. The number of hydrogen-bond donors (Lipinski definition) is 3. The van der Waals surface area contributed by atoms with E-state index in [2.05, 4.69) is 38.4 Å². The third kappa shape index (κ3) is 4.06. The zero-order valence-corrected chi connectivity index (χ0v) is 13.4. The van der Waals surface area contributed by atoms with Crippen LogP contribution in [0.3, 0.4) is 0 Å². The Morgan fingerprint density at radius 2 is 2.12 bits per heavy atom. The predicted octanol–water partition coefficient (Wildman–Crippen LogP) is 0.208. The van der Waals surface area contributed by atoms with Gasteiger partial charge in [0.1, 0.15) is 17.8 Å². The highest BCUT2D eigenvalue weighted by Gasteiger charge is 2.19. The topological polar surface area (TPSA) is 104 Å². The Morgan fingerprint density at radius 1 is 1.33 bits per heavy atom. The second-order valence-corrected chi connectivity index (χ2v) is 5.95. The summed E-state index contributed by atoms with van der Waals surface area (Å²) in [4.78, 5) is 21.8. The summed E-state index contributed by atoms with van der Waals surface area (Å²) >= 11 is 0. The maximum absolute atomic E-state index is 12.0. The minimum absolute atomic E-state index is 0.168. The number of nitrogens with zero attached hydrogens (tertiary/aromatic N) is 3. The average Bonchev–Trinajstić information content (AvgIpc) is 2.59. The van der Waals surface area contributed by atoms with Crippen LogP contribution in [0, 0.1) is 0 Å². The number of anilines is 1. The van der Waals surface area contributed by atoms with Crippen LogP contribution in [0.25, 0.3) is 0 Å². The quantitative estimate of drug-likeness (QED) is 0.725. The van der Waals surface area contributed by atoms with E-state index in [0.29, 0.717) is 6.54 Å². The van der Waals surface area contributed by atoms with Crippen molar-refractivity contribution in [3.05, 3.63) is 53.5 Å². The highest BCUT2D eigenvalue weighted by atomic mass is 16.3. The normalized spacial score (nSPS) is 15.5. The van der Waals surface area contributed by atoms with Crippen LogP contribution >= 0.6 is 0 Å². The maximum Gasteiger partial charge on any atom is 0.270 e. The van der Waals surface area contributed by atoms with Gasteiger partial charge in [0.05, 0.1) is 6.10 Å². The van der Waals surface area contributed by atoms with E-state index in [1.165, 1.54) is 23.5 Å². The number of aliphatic hydroxyl groups is 1. The van der Waals surface area contributed by atoms with E-state index in [-0.39, 0.29) is 24.0 Å². The van der Waals surface area contributed by atoms with Crippen molar-refractivity contribution >= 4 is 11.7 Å². The molecule has 0 bridgehead atoms. The van der Waals surface area contributed by atoms with Crippen molar-refractivity contribution in [3.63, 3.8) is 0 Å². The van der Waals surface area contributed by atoms with Gasteiger partial charge < -0.3 is 16.2 Å². The van der Waals surface area contributed by atoms with Crippen molar-refractivity contribution in [2.75, 3.05) is 25.4 Å². The van der Waals surface area contributed by atoms with Gasteiger partial charge in [0.25, 0.3) is 5.91 Å². The molecule has 0 spiro atoms. The SMILES string of the molecule is Nc1cc(C(=O)NCC(O)CN2CCc3ccccc3C2)ncn1. The minimum atomic E-state index is -0.640. The minimum Gasteiger partial charge on any atom is -0.390 e. The molecule has 1 amide bonds. The summed E-state index contributed by atoms with van der Waals surface area (Å²) in [6.45, 7) is 2.41. The monoisotopic (exact) mass is 327 g/mol. The number of carbonyl (C=O) groups is 1. The number of benzene rings is 1. The first-order valence-corrected chi connectivity index (χ1v) is 7.95. The van der Waals surface area contributed by atoms with Gasteiger partial charge in [0.2, 0.25) is 0 Å². The molecule has 4 N–H and O–H groups in total. The van der Waals surface area contributed by atoms with Crippen molar-refractivity contribution < 1.29 is 9.90 Å². The molecule has 1 atom stereocenters. The van der Waals surface area contributed by atoms with Crippen LogP contribution in [0.5, 0.6) is 0 Å². The van der Waals surface area contributed by atoms with Crippen molar-refractivity contribution in [1.82, 2.24) is 20.2 Å². The Labute approximate surface area is 140 Å². The van der Waals surface area contributed by atoms with Crippen molar-refractivity contribution in [1.29, 1.82) is 0 Å². The van der Waals surface area contributed by atoms with Gasteiger partial charge in [-0.15, -0.1) is 0 Å². The summed E-state index contributed by atoms with van der Waals surface area (Å²) in [6, 6.07) is 9.76. The Hall–Kier alpha value is -2.51. The zero-order valence-electron chi connectivity index (χ0n) is 13.4. The number of nitrogens with one attached hydrogen (secondary N) is 1. The molecule has 24 heavy (non-hydrogen) atoms. The molecular formula is C17H21N5O2. The van der Waals surface area contributed by atoms with Gasteiger partial charge in [-0.2, -0.15) is 0 Å². The number of carbonyl (C=O) groups excluding carboxylic acids is 1. The predicted molar refractivity (Wildman–Crippen MR) is 90.2 cm³/mol. The van der Waals surface area contributed by atoms with Gasteiger partial charge in [0, 0.05) is 32.2 Å². The molecule has 1 aliphatic heterocycles. The summed E-state index contributed by atoms with van der Waals surface area (Å²) in [6.07, 6.45) is 1.58. The molecule has 126 valence electrons. The fourth-order valence-electron chi connectivity index (χ4n) is 2.87. The van der Waals surface area contributed by atoms with E-state index in [0.717, 1.165) is 19.5 Å². The number of nitrogens with two attached hydrogens (primary N) is 1. The van der Waals surface area contributed by atoms with Crippen LogP contribution < -0.4 is 11.1 Å². The van der Waals surface area contributed by atoms with Crippen LogP contribution in [0.2, 0.25) is 0 Å². The number of nitrogen functional groups attached to an aromatic ring is 1. The Bertz CT molecular complexity index is 722. The summed E-state index contributed by atoms with van der Waals surface area (Å²) in [7, 11) is 0. The number of β-amino-alcohol motifs (C(OH)–C–C–N with tert-alkyl or cyclic N) is 1. The third-order valence-corrected chi connectivity index (χ3v) is 4.10. The zero-order chi connectivity index (χ0) is 16.9. The molecule has 1 unspecified atom stereocenters. The van der Waals surface area contributed by atoms with Gasteiger partial charge in [-0.05, 0) is 17.5 Å².